The molecule has 9 heteroatoms. The second-order valence-electron chi connectivity index (χ2n) is 6.82. The van der Waals surface area contributed by atoms with Crippen LogP contribution in [0.25, 0.3) is 5.82 Å². The maximum atomic E-state index is 12.4. The van der Waals surface area contributed by atoms with E-state index in [-0.39, 0.29) is 6.03 Å². The molecule has 0 atom stereocenters. The lowest BCUT2D eigenvalue weighted by atomic mass is 10.2. The third-order valence-corrected chi connectivity index (χ3v) is 4.58. The molecule has 3 N–H and O–H groups in total. The lowest BCUT2D eigenvalue weighted by Gasteiger charge is -2.12. The fourth-order valence-electron chi connectivity index (χ4n) is 3.09. The van der Waals surface area contributed by atoms with E-state index in [1.807, 2.05) is 61.0 Å². The molecule has 4 aromatic rings. The molecule has 0 radical (unpaired) electrons. The molecule has 0 aliphatic carbocycles. The van der Waals surface area contributed by atoms with E-state index < -0.39 is 0 Å². The van der Waals surface area contributed by atoms with Gasteiger partial charge in [-0.3, -0.25) is 4.57 Å². The summed E-state index contributed by atoms with van der Waals surface area (Å²) in [6.07, 6.45) is 5.07. The number of hydrogen-bond acceptors (Lipinski definition) is 6. The lowest BCUT2D eigenvalue weighted by molar-refractivity contribution is 0.262. The minimum absolute atomic E-state index is 0.353. The molecule has 0 spiro atoms. The van der Waals surface area contributed by atoms with Crippen LogP contribution in [0.4, 0.5) is 27.7 Å². The summed E-state index contributed by atoms with van der Waals surface area (Å²) in [4.78, 5) is 25.1. The Morgan fingerprint density at radius 1 is 1.00 bits per heavy atom. The average molecular weight is 429 g/mol. The van der Waals surface area contributed by atoms with Gasteiger partial charge in [-0.25, -0.2) is 19.7 Å². The SMILES string of the molecule is CCOc1ccccc1NC(=O)Nc1ccc(Nc2cc(-n3ccnc3C)ncn2)cc1. The number of ether oxygens (including phenoxy) is 1. The number of nitrogens with zero attached hydrogens (tertiary/aromatic N) is 4. The monoisotopic (exact) mass is 429 g/mol. The van der Waals surface area contributed by atoms with Gasteiger partial charge < -0.3 is 20.7 Å². The highest BCUT2D eigenvalue weighted by molar-refractivity contribution is 6.00. The molecule has 9 nitrogen and oxygen atoms in total. The second kappa shape index (κ2) is 9.61. The van der Waals surface area contributed by atoms with Crippen LogP contribution in [-0.4, -0.2) is 32.2 Å². The first kappa shape index (κ1) is 20.9. The Kier molecular flexibility index (Phi) is 6.26. The third-order valence-electron chi connectivity index (χ3n) is 4.58. The van der Waals surface area contributed by atoms with E-state index in [2.05, 4.69) is 30.9 Å². The Morgan fingerprint density at radius 2 is 1.78 bits per heavy atom. The summed E-state index contributed by atoms with van der Waals surface area (Å²) in [7, 11) is 0. The first-order valence-electron chi connectivity index (χ1n) is 10.1. The Hall–Kier alpha value is -4.40. The van der Waals surface area contributed by atoms with Gasteiger partial charge in [0, 0.05) is 29.8 Å². The molecule has 0 aliphatic rings. The Morgan fingerprint density at radius 3 is 2.53 bits per heavy atom. The largest absolute Gasteiger partial charge is 0.492 e. The van der Waals surface area contributed by atoms with Crippen LogP contribution >= 0.6 is 0 Å². The quantitative estimate of drug-likeness (QED) is 0.391. The van der Waals surface area contributed by atoms with Crippen LogP contribution in [0, 0.1) is 6.92 Å². The van der Waals surface area contributed by atoms with Gasteiger partial charge in [0.1, 0.15) is 29.5 Å². The molecule has 0 bridgehead atoms. The van der Waals surface area contributed by atoms with Crippen LogP contribution in [-0.2, 0) is 0 Å². The summed E-state index contributed by atoms with van der Waals surface area (Å²) < 4.78 is 7.41. The van der Waals surface area contributed by atoms with Gasteiger partial charge in [-0.05, 0) is 50.2 Å². The van der Waals surface area contributed by atoms with E-state index in [1.165, 1.54) is 6.33 Å². The average Bonchev–Trinajstić information content (AvgIpc) is 3.23. The van der Waals surface area contributed by atoms with Gasteiger partial charge in [-0.1, -0.05) is 12.1 Å². The van der Waals surface area contributed by atoms with E-state index in [4.69, 9.17) is 4.74 Å². The Bertz CT molecular complexity index is 1200. The number of amides is 2. The molecular formula is C23H23N7O2. The number of hydrogen-bond donors (Lipinski definition) is 3. The number of carbonyl (C=O) groups excluding carboxylic acids is 1. The van der Waals surface area contributed by atoms with Crippen LogP contribution in [0.15, 0.2) is 73.3 Å². The number of nitrogens with one attached hydrogen (secondary N) is 3. The standard InChI is InChI=1S/C23H23N7O2/c1-3-32-20-7-5-4-6-19(20)29-23(31)28-18-10-8-17(9-11-18)27-21-14-22(26-15-25-21)30-13-12-24-16(30)2/h4-15H,3H2,1-2H3,(H,25,26,27)(H2,28,29,31). The number of imidazole rings is 1. The fraction of sp³-hybridized carbons (Fsp3) is 0.130. The highest BCUT2D eigenvalue weighted by atomic mass is 16.5. The molecular weight excluding hydrogens is 406 g/mol. The highest BCUT2D eigenvalue weighted by Gasteiger charge is 2.08. The minimum Gasteiger partial charge on any atom is -0.492 e. The summed E-state index contributed by atoms with van der Waals surface area (Å²) in [5.74, 6) is 2.83. The third kappa shape index (κ3) is 5.01. The molecule has 0 unspecified atom stereocenters. The minimum atomic E-state index is -0.353. The van der Waals surface area contributed by atoms with Crippen molar-refractivity contribution in [2.24, 2.45) is 0 Å². The number of urea groups is 1. The first-order valence-corrected chi connectivity index (χ1v) is 10.1. The fourth-order valence-corrected chi connectivity index (χ4v) is 3.09. The predicted octanol–water partition coefficient (Wildman–Crippen LogP) is 4.76. The van der Waals surface area contributed by atoms with Gasteiger partial charge in [-0.15, -0.1) is 0 Å². The molecule has 4 rings (SSSR count). The summed E-state index contributed by atoms with van der Waals surface area (Å²) in [6, 6.07) is 16.1. The van der Waals surface area contributed by atoms with Crippen molar-refractivity contribution in [3.63, 3.8) is 0 Å². The second-order valence-corrected chi connectivity index (χ2v) is 6.82. The molecule has 2 aromatic heterocycles. The highest BCUT2D eigenvalue weighted by Crippen LogP contribution is 2.24. The predicted molar refractivity (Wildman–Crippen MR) is 124 cm³/mol. The number of para-hydroxylation sites is 2. The summed E-state index contributed by atoms with van der Waals surface area (Å²) in [6.45, 7) is 4.32. The molecule has 2 amide bonds. The van der Waals surface area contributed by atoms with Gasteiger partial charge >= 0.3 is 6.03 Å². The van der Waals surface area contributed by atoms with Crippen molar-refractivity contribution in [1.29, 1.82) is 0 Å². The van der Waals surface area contributed by atoms with E-state index >= 15 is 0 Å². The smallest absolute Gasteiger partial charge is 0.323 e. The summed E-state index contributed by atoms with van der Waals surface area (Å²) >= 11 is 0. The zero-order chi connectivity index (χ0) is 22.3. The van der Waals surface area contributed by atoms with Gasteiger partial charge in [0.15, 0.2) is 0 Å². The lowest BCUT2D eigenvalue weighted by Crippen LogP contribution is -2.19. The Labute approximate surface area is 185 Å². The van der Waals surface area contributed by atoms with E-state index in [0.29, 0.717) is 29.5 Å². The molecule has 2 aromatic carbocycles. The van der Waals surface area contributed by atoms with Crippen LogP contribution in [0.5, 0.6) is 5.75 Å². The van der Waals surface area contributed by atoms with Gasteiger partial charge in [0.2, 0.25) is 0 Å². The maximum Gasteiger partial charge on any atom is 0.323 e. The van der Waals surface area contributed by atoms with Gasteiger partial charge in [0.25, 0.3) is 0 Å². The number of anilines is 4. The first-order chi connectivity index (χ1) is 15.6. The summed E-state index contributed by atoms with van der Waals surface area (Å²) in [5.41, 5.74) is 2.09. The number of aryl methyl sites for hydroxylation is 1. The molecule has 32 heavy (non-hydrogen) atoms. The Balaban J connectivity index is 1.39. The number of carbonyl (C=O) groups is 1. The van der Waals surface area contributed by atoms with Crippen molar-refractivity contribution in [3.8, 4) is 11.6 Å². The molecule has 0 saturated carbocycles. The van der Waals surface area contributed by atoms with Crippen LogP contribution < -0.4 is 20.7 Å². The van der Waals surface area contributed by atoms with Crippen LogP contribution in [0.1, 0.15) is 12.7 Å². The van der Waals surface area contributed by atoms with Crippen LogP contribution in [0.2, 0.25) is 0 Å². The van der Waals surface area contributed by atoms with Crippen molar-refractivity contribution in [1.82, 2.24) is 19.5 Å². The molecule has 0 fully saturated rings. The maximum absolute atomic E-state index is 12.4. The van der Waals surface area contributed by atoms with Gasteiger partial charge in [0.05, 0.1) is 12.3 Å². The van der Waals surface area contributed by atoms with E-state index in [0.717, 1.165) is 17.3 Å². The van der Waals surface area contributed by atoms with Crippen molar-refractivity contribution < 1.29 is 9.53 Å². The molecule has 162 valence electrons. The van der Waals surface area contributed by atoms with Crippen molar-refractivity contribution >= 4 is 28.9 Å². The number of aromatic nitrogens is 4. The normalized spacial score (nSPS) is 10.4. The van der Waals surface area contributed by atoms with Gasteiger partial charge in [-0.2, -0.15) is 0 Å². The van der Waals surface area contributed by atoms with Crippen molar-refractivity contribution in [2.75, 3.05) is 22.6 Å². The zero-order valence-corrected chi connectivity index (χ0v) is 17.7. The number of rotatable bonds is 7. The molecule has 0 aliphatic heterocycles. The van der Waals surface area contributed by atoms with Crippen LogP contribution in [0.3, 0.4) is 0 Å². The number of benzene rings is 2. The summed E-state index contributed by atoms with van der Waals surface area (Å²) in [5, 5.41) is 8.86. The molecule has 0 saturated heterocycles. The van der Waals surface area contributed by atoms with E-state index in [1.54, 1.807) is 24.4 Å². The molecule has 2 heterocycles. The van der Waals surface area contributed by atoms with Crippen molar-refractivity contribution in [2.45, 2.75) is 13.8 Å². The van der Waals surface area contributed by atoms with E-state index in [9.17, 15) is 4.79 Å². The topological polar surface area (TPSA) is 106 Å². The zero-order valence-electron chi connectivity index (χ0n) is 17.7. The van der Waals surface area contributed by atoms with Crippen molar-refractivity contribution in [3.05, 3.63) is 79.1 Å².